The van der Waals surface area contributed by atoms with Gasteiger partial charge in [0.05, 0.1) is 0 Å². The van der Waals surface area contributed by atoms with Gasteiger partial charge in [-0.3, -0.25) is 0 Å². The fourth-order valence-corrected chi connectivity index (χ4v) is 1.03. The molecule has 0 N–H and O–H groups in total. The van der Waals surface area contributed by atoms with E-state index in [-0.39, 0.29) is 0 Å². The van der Waals surface area contributed by atoms with E-state index < -0.39 is 0 Å². The first-order valence-electron chi connectivity index (χ1n) is 3.78. The second-order valence-electron chi connectivity index (χ2n) is 2.47. The summed E-state index contributed by atoms with van der Waals surface area (Å²) in [6.45, 7) is 0. The molecule has 0 saturated heterocycles. The van der Waals surface area contributed by atoms with E-state index in [1.165, 1.54) is 0 Å². The van der Waals surface area contributed by atoms with Gasteiger partial charge >= 0.3 is 0 Å². The monoisotopic (exact) mass is 156 g/mol. The quantitative estimate of drug-likeness (QED) is 0.595. The van der Waals surface area contributed by atoms with Crippen molar-refractivity contribution in [2.45, 2.75) is 0 Å². The minimum Gasteiger partial charge on any atom is -0.236 e. The summed E-state index contributed by atoms with van der Waals surface area (Å²) in [5.74, 6) is 0.765. The van der Waals surface area contributed by atoms with Crippen molar-refractivity contribution >= 4 is 18.5 Å². The van der Waals surface area contributed by atoms with Crippen molar-refractivity contribution in [3.05, 3.63) is 41.7 Å². The van der Waals surface area contributed by atoms with Crippen LogP contribution in [0.4, 0.5) is 0 Å². The molecule has 1 aliphatic heterocycles. The summed E-state index contributed by atoms with van der Waals surface area (Å²) in [6.07, 6.45) is 5.32. The van der Waals surface area contributed by atoms with Crippen LogP contribution in [0, 0.1) is 0 Å². The van der Waals surface area contributed by atoms with Crippen LogP contribution in [-0.2, 0) is 0 Å². The first-order valence-corrected chi connectivity index (χ1v) is 3.78. The molecule has 0 aromatic heterocycles. The Balaban J connectivity index is 2.29. The molecule has 0 bridgehead atoms. The van der Waals surface area contributed by atoms with E-state index in [0.29, 0.717) is 0 Å². The van der Waals surface area contributed by atoms with Gasteiger partial charge in [0.25, 0.3) is 0 Å². The molecule has 2 heteroatoms. The molecule has 0 spiro atoms. The fraction of sp³-hybridized carbons (Fsp3) is 0. The smallest absolute Gasteiger partial charge is 0.152 e. The third-order valence-electron chi connectivity index (χ3n) is 1.58. The Morgan fingerprint density at radius 3 is 2.25 bits per heavy atom. The zero-order valence-corrected chi connectivity index (χ0v) is 6.51. The lowest BCUT2D eigenvalue weighted by Crippen LogP contribution is -1.71. The van der Waals surface area contributed by atoms with Crippen LogP contribution < -0.4 is 0 Å². The van der Waals surface area contributed by atoms with Crippen molar-refractivity contribution in [3.8, 4) is 0 Å². The molecule has 2 rings (SSSR count). The SMILES string of the molecule is C1=NC(=Cc2ccccc2)N=C1. The zero-order chi connectivity index (χ0) is 8.23. The Morgan fingerprint density at radius 1 is 0.917 bits per heavy atom. The number of benzene rings is 1. The van der Waals surface area contributed by atoms with Crippen LogP contribution in [0.2, 0.25) is 0 Å². The van der Waals surface area contributed by atoms with E-state index in [1.807, 2.05) is 36.4 Å². The molecule has 1 heterocycles. The van der Waals surface area contributed by atoms with Crippen LogP contribution in [0.25, 0.3) is 6.08 Å². The highest BCUT2D eigenvalue weighted by Crippen LogP contribution is 2.09. The molecule has 1 aliphatic rings. The lowest BCUT2D eigenvalue weighted by molar-refractivity contribution is 1.31. The molecule has 0 aliphatic carbocycles. The van der Waals surface area contributed by atoms with Crippen LogP contribution in [0.1, 0.15) is 5.56 Å². The third-order valence-corrected chi connectivity index (χ3v) is 1.58. The second-order valence-corrected chi connectivity index (χ2v) is 2.47. The Morgan fingerprint density at radius 2 is 1.58 bits per heavy atom. The molecule has 0 fully saturated rings. The molecule has 58 valence electrons. The van der Waals surface area contributed by atoms with Gasteiger partial charge in [0.15, 0.2) is 5.82 Å². The highest BCUT2D eigenvalue weighted by molar-refractivity contribution is 6.18. The van der Waals surface area contributed by atoms with Gasteiger partial charge in [-0.2, -0.15) is 0 Å². The molecular weight excluding hydrogens is 148 g/mol. The lowest BCUT2D eigenvalue weighted by atomic mass is 10.2. The van der Waals surface area contributed by atoms with E-state index in [2.05, 4.69) is 9.98 Å². The number of hydrogen-bond acceptors (Lipinski definition) is 2. The summed E-state index contributed by atoms with van der Waals surface area (Å²) in [5.41, 5.74) is 1.13. The van der Waals surface area contributed by atoms with Crippen LogP contribution in [-0.4, -0.2) is 12.4 Å². The molecule has 0 atom stereocenters. The van der Waals surface area contributed by atoms with Crippen LogP contribution in [0.5, 0.6) is 0 Å². The topological polar surface area (TPSA) is 24.7 Å². The largest absolute Gasteiger partial charge is 0.236 e. The summed E-state index contributed by atoms with van der Waals surface area (Å²) >= 11 is 0. The Kier molecular flexibility index (Phi) is 1.82. The van der Waals surface area contributed by atoms with E-state index in [0.717, 1.165) is 11.4 Å². The van der Waals surface area contributed by atoms with Crippen LogP contribution in [0.3, 0.4) is 0 Å². The van der Waals surface area contributed by atoms with Crippen molar-refractivity contribution in [1.82, 2.24) is 0 Å². The van der Waals surface area contributed by atoms with Gasteiger partial charge < -0.3 is 0 Å². The number of rotatable bonds is 1. The van der Waals surface area contributed by atoms with Crippen molar-refractivity contribution < 1.29 is 0 Å². The minimum absolute atomic E-state index is 0.765. The lowest BCUT2D eigenvalue weighted by Gasteiger charge is -1.91. The molecule has 0 radical (unpaired) electrons. The molecular formula is C10H8N2. The van der Waals surface area contributed by atoms with Gasteiger partial charge in [-0.25, -0.2) is 9.98 Å². The molecule has 0 saturated carbocycles. The molecule has 2 nitrogen and oxygen atoms in total. The Bertz CT molecular complexity index is 333. The van der Waals surface area contributed by atoms with Crippen molar-refractivity contribution in [3.63, 3.8) is 0 Å². The van der Waals surface area contributed by atoms with E-state index in [4.69, 9.17) is 0 Å². The molecule has 0 amide bonds. The summed E-state index contributed by atoms with van der Waals surface area (Å²) in [7, 11) is 0. The molecule has 1 aromatic rings. The standard InChI is InChI=1S/C10H8N2/c1-2-4-9(5-3-1)8-10-11-6-7-12-10/h1-8H. The summed E-state index contributed by atoms with van der Waals surface area (Å²) in [6, 6.07) is 10.0. The van der Waals surface area contributed by atoms with Gasteiger partial charge in [-0.15, -0.1) is 0 Å². The molecule has 0 unspecified atom stereocenters. The highest BCUT2D eigenvalue weighted by Gasteiger charge is 1.93. The van der Waals surface area contributed by atoms with Gasteiger partial charge in [-0.1, -0.05) is 30.3 Å². The number of aliphatic imine (C=N–C) groups is 2. The van der Waals surface area contributed by atoms with E-state index >= 15 is 0 Å². The fourth-order valence-electron chi connectivity index (χ4n) is 1.03. The van der Waals surface area contributed by atoms with Crippen LogP contribution >= 0.6 is 0 Å². The van der Waals surface area contributed by atoms with Gasteiger partial charge in [-0.05, 0) is 11.6 Å². The molecule has 12 heavy (non-hydrogen) atoms. The maximum Gasteiger partial charge on any atom is 0.152 e. The Hall–Kier alpha value is -1.70. The number of nitrogens with zero attached hydrogens (tertiary/aromatic N) is 2. The predicted molar refractivity (Wildman–Crippen MR) is 51.4 cm³/mol. The average molecular weight is 156 g/mol. The predicted octanol–water partition coefficient (Wildman–Crippen LogP) is 2.14. The first-order chi connectivity index (χ1) is 5.95. The molecule has 1 aromatic carbocycles. The normalized spacial score (nSPS) is 13.8. The highest BCUT2D eigenvalue weighted by atomic mass is 15.0. The van der Waals surface area contributed by atoms with Crippen molar-refractivity contribution in [2.24, 2.45) is 9.98 Å². The zero-order valence-electron chi connectivity index (χ0n) is 6.51. The maximum absolute atomic E-state index is 4.04. The second kappa shape index (κ2) is 3.13. The summed E-state index contributed by atoms with van der Waals surface area (Å²) in [4.78, 5) is 8.09. The minimum atomic E-state index is 0.765. The summed E-state index contributed by atoms with van der Waals surface area (Å²) < 4.78 is 0. The first kappa shape index (κ1) is 6.98. The van der Waals surface area contributed by atoms with Crippen molar-refractivity contribution in [2.75, 3.05) is 0 Å². The van der Waals surface area contributed by atoms with E-state index in [1.54, 1.807) is 12.4 Å². The van der Waals surface area contributed by atoms with Gasteiger partial charge in [0, 0.05) is 12.4 Å². The summed E-state index contributed by atoms with van der Waals surface area (Å²) in [5, 5.41) is 0. The van der Waals surface area contributed by atoms with Crippen LogP contribution in [0.15, 0.2) is 46.1 Å². The Labute approximate surface area is 71.0 Å². The van der Waals surface area contributed by atoms with Crippen molar-refractivity contribution in [1.29, 1.82) is 0 Å². The average Bonchev–Trinajstić information content (AvgIpc) is 2.59. The van der Waals surface area contributed by atoms with Gasteiger partial charge in [0.2, 0.25) is 0 Å². The number of hydrogen-bond donors (Lipinski definition) is 0. The van der Waals surface area contributed by atoms with Gasteiger partial charge in [0.1, 0.15) is 0 Å². The third kappa shape index (κ3) is 1.48. The maximum atomic E-state index is 4.04. The van der Waals surface area contributed by atoms with E-state index in [9.17, 15) is 0 Å².